The summed E-state index contributed by atoms with van der Waals surface area (Å²) in [5.74, 6) is -1.98. The number of aryl methyl sites for hydroxylation is 1. The summed E-state index contributed by atoms with van der Waals surface area (Å²) in [5, 5.41) is 0.882. The van der Waals surface area contributed by atoms with Crippen LogP contribution in [0.15, 0.2) is 30.3 Å². The monoisotopic (exact) mass is 528 g/mol. The number of thiol groups is 1. The van der Waals surface area contributed by atoms with Gasteiger partial charge in [0.1, 0.15) is 11.6 Å². The van der Waals surface area contributed by atoms with Crippen molar-refractivity contribution in [2.45, 2.75) is 6.92 Å². The van der Waals surface area contributed by atoms with E-state index in [0.717, 1.165) is 22.2 Å². The molecule has 0 radical (unpaired) electrons. The molecular formula is C20H17Cl2F3O5S2. The van der Waals surface area contributed by atoms with Gasteiger partial charge in [0.2, 0.25) is 0 Å². The Morgan fingerprint density at radius 3 is 2.00 bits per heavy atom. The van der Waals surface area contributed by atoms with Crippen molar-refractivity contribution in [3.8, 4) is 5.75 Å². The lowest BCUT2D eigenvalue weighted by Gasteiger charge is -2.01. The third kappa shape index (κ3) is 10.4. The zero-order valence-corrected chi connectivity index (χ0v) is 20.1. The van der Waals surface area contributed by atoms with Crippen LogP contribution in [0, 0.1) is 24.4 Å². The van der Waals surface area contributed by atoms with Crippen molar-refractivity contribution in [3.63, 3.8) is 0 Å². The predicted molar refractivity (Wildman–Crippen MR) is 120 cm³/mol. The zero-order valence-electron chi connectivity index (χ0n) is 16.9. The first-order valence-corrected chi connectivity index (χ1v) is 10.5. The average Bonchev–Trinajstić information content (AvgIpc) is 3.10. The van der Waals surface area contributed by atoms with Crippen molar-refractivity contribution in [1.82, 2.24) is 0 Å². The summed E-state index contributed by atoms with van der Waals surface area (Å²) in [4.78, 5) is 27.3. The van der Waals surface area contributed by atoms with E-state index in [9.17, 15) is 18.0 Å². The summed E-state index contributed by atoms with van der Waals surface area (Å²) < 4.78 is 47.9. The summed E-state index contributed by atoms with van der Waals surface area (Å²) in [7, 11) is 2.59. The smallest absolute Gasteiger partial charge is 0.373 e. The van der Waals surface area contributed by atoms with Gasteiger partial charge in [-0.05, 0) is 36.6 Å². The normalized spacial score (nSPS) is 9.16. The largest absolute Gasteiger partial charge is 0.494 e. The van der Waals surface area contributed by atoms with Gasteiger partial charge < -0.3 is 9.47 Å². The maximum absolute atomic E-state index is 12.9. The number of carbonyl (C=O) groups excluding carboxylic acids is 3. The number of hydrogen-bond donors (Lipinski definition) is 1. The van der Waals surface area contributed by atoms with Crippen molar-refractivity contribution < 1.29 is 37.0 Å². The van der Waals surface area contributed by atoms with Crippen LogP contribution in [0.4, 0.5) is 13.2 Å². The Balaban J connectivity index is 0.000000445. The predicted octanol–water partition coefficient (Wildman–Crippen LogP) is 6.13. The van der Waals surface area contributed by atoms with Crippen LogP contribution in [-0.2, 0) is 19.1 Å². The molecule has 3 aromatic rings. The van der Waals surface area contributed by atoms with E-state index in [-0.39, 0.29) is 39.5 Å². The number of hydrogen-bond acceptors (Lipinski definition) is 7. The minimum Gasteiger partial charge on any atom is -0.494 e. The second kappa shape index (κ2) is 15.6. The highest BCUT2D eigenvalue weighted by Crippen LogP contribution is 2.29. The van der Waals surface area contributed by atoms with Gasteiger partial charge in [0, 0.05) is 15.6 Å². The highest BCUT2D eigenvalue weighted by Gasteiger charge is 2.07. The molecule has 1 heterocycles. The molecule has 0 fully saturated rings. The van der Waals surface area contributed by atoms with E-state index < -0.39 is 11.6 Å². The summed E-state index contributed by atoms with van der Waals surface area (Å²) >= 11 is 16.1. The third-order valence-electron chi connectivity index (χ3n) is 3.23. The minimum atomic E-state index is -0.690. The number of methoxy groups -OCH3 is 2. The van der Waals surface area contributed by atoms with Crippen LogP contribution in [0.1, 0.15) is 4.88 Å². The van der Waals surface area contributed by atoms with E-state index >= 15 is 0 Å². The maximum Gasteiger partial charge on any atom is 0.373 e. The first-order valence-electron chi connectivity index (χ1n) is 8.25. The van der Waals surface area contributed by atoms with Crippen molar-refractivity contribution in [3.05, 3.63) is 62.7 Å². The quantitative estimate of drug-likeness (QED) is 0.246. The van der Waals surface area contributed by atoms with E-state index in [1.54, 1.807) is 17.4 Å². The molecule has 0 unspecified atom stereocenters. The van der Waals surface area contributed by atoms with E-state index in [0.29, 0.717) is 0 Å². The Kier molecular flexibility index (Phi) is 14.5. The van der Waals surface area contributed by atoms with Crippen molar-refractivity contribution in [1.29, 1.82) is 0 Å². The summed E-state index contributed by atoms with van der Waals surface area (Å²) in [6.45, 7) is 2.00. The van der Waals surface area contributed by atoms with E-state index in [4.69, 9.17) is 32.8 Å². The van der Waals surface area contributed by atoms with Crippen LogP contribution in [0.5, 0.6) is 5.75 Å². The van der Waals surface area contributed by atoms with Gasteiger partial charge in [-0.15, -0.1) is 11.3 Å². The van der Waals surface area contributed by atoms with E-state index in [2.05, 4.69) is 22.1 Å². The van der Waals surface area contributed by atoms with Gasteiger partial charge in [0.15, 0.2) is 11.6 Å². The molecule has 0 amide bonds. The molecule has 0 saturated heterocycles. The maximum atomic E-state index is 12.9. The number of thiophene rings is 1. The number of fused-ring (bicyclic) bond motifs is 1. The fraction of sp³-hybridized carbons (Fsp3) is 0.200. The van der Waals surface area contributed by atoms with Gasteiger partial charge in [-0.25, -0.2) is 13.2 Å². The molecular weight excluding hydrogens is 512 g/mol. The Morgan fingerprint density at radius 2 is 1.53 bits per heavy atom. The van der Waals surface area contributed by atoms with Crippen molar-refractivity contribution >= 4 is 69.4 Å². The SMILES string of the molecule is COC(=O)CS.COc1cc(F)c(Cl)cc1F.Cc1cc2cc(F)c(Cl)cc2s1.O=C=O. The second-order valence-corrected chi connectivity index (χ2v) is 7.80. The molecule has 0 bridgehead atoms. The van der Waals surface area contributed by atoms with Crippen LogP contribution in [0.3, 0.4) is 0 Å². The van der Waals surface area contributed by atoms with E-state index in [1.165, 1.54) is 25.2 Å². The van der Waals surface area contributed by atoms with Crippen LogP contribution in [-0.4, -0.2) is 32.1 Å². The van der Waals surface area contributed by atoms with Crippen LogP contribution in [0.2, 0.25) is 10.0 Å². The number of ether oxygens (including phenoxy) is 2. The van der Waals surface area contributed by atoms with Crippen LogP contribution >= 0.6 is 47.2 Å². The van der Waals surface area contributed by atoms with Gasteiger partial charge in [-0.1, -0.05) is 23.2 Å². The Labute approximate surface area is 201 Å². The molecule has 0 aliphatic carbocycles. The standard InChI is InChI=1S/C9H6ClFS.C7H5ClF2O.C3H6O2S.CO2/c1-5-2-6-3-8(11)7(10)4-9(6)12-5;1-11-7-3-5(9)4(8)2-6(7)10;1-5-3(4)2-6;2-1-3/h2-4H,1H3;2-3H,1H3;6H,2H2,1H3;. The topological polar surface area (TPSA) is 69.7 Å². The lowest BCUT2D eigenvalue weighted by Crippen LogP contribution is -1.99. The molecule has 174 valence electrons. The zero-order chi connectivity index (χ0) is 24.8. The Morgan fingerprint density at radius 1 is 1.00 bits per heavy atom. The molecule has 0 N–H and O–H groups in total. The van der Waals surface area contributed by atoms with Crippen molar-refractivity contribution in [2.24, 2.45) is 0 Å². The average molecular weight is 529 g/mol. The summed E-state index contributed by atoms with van der Waals surface area (Å²) in [6, 6.07) is 6.87. The molecule has 0 aliphatic rings. The molecule has 3 rings (SSSR count). The van der Waals surface area contributed by atoms with Gasteiger partial charge >= 0.3 is 12.1 Å². The van der Waals surface area contributed by atoms with Crippen LogP contribution < -0.4 is 4.74 Å². The Hall–Kier alpha value is -2.23. The number of carbonyl (C=O) groups is 1. The molecule has 2 aromatic carbocycles. The fourth-order valence-corrected chi connectivity index (χ4v) is 3.35. The van der Waals surface area contributed by atoms with Gasteiger partial charge in [0.25, 0.3) is 0 Å². The molecule has 0 atom stereocenters. The lowest BCUT2D eigenvalue weighted by molar-refractivity contribution is -0.191. The number of benzene rings is 2. The summed E-state index contributed by atoms with van der Waals surface area (Å²) in [6.07, 6.45) is 0.250. The van der Waals surface area contributed by atoms with E-state index in [1.807, 2.05) is 13.0 Å². The third-order valence-corrected chi connectivity index (χ3v) is 5.08. The molecule has 0 spiro atoms. The second-order valence-electron chi connectivity index (χ2n) is 5.38. The number of halogens is 5. The highest BCUT2D eigenvalue weighted by molar-refractivity contribution is 7.81. The van der Waals surface area contributed by atoms with Gasteiger partial charge in [-0.2, -0.15) is 22.2 Å². The molecule has 5 nitrogen and oxygen atoms in total. The Bertz CT molecular complexity index is 1030. The van der Waals surface area contributed by atoms with Crippen molar-refractivity contribution in [2.75, 3.05) is 20.0 Å². The van der Waals surface area contributed by atoms with Crippen LogP contribution in [0.25, 0.3) is 10.1 Å². The molecule has 32 heavy (non-hydrogen) atoms. The fourth-order valence-electron chi connectivity index (χ4n) is 1.89. The lowest BCUT2D eigenvalue weighted by atomic mass is 10.2. The first-order chi connectivity index (χ1) is 15.0. The number of rotatable bonds is 2. The number of esters is 1. The molecule has 0 aliphatic heterocycles. The molecule has 1 aromatic heterocycles. The summed E-state index contributed by atoms with van der Waals surface area (Å²) in [5.41, 5.74) is 0. The molecule has 0 saturated carbocycles. The van der Waals surface area contributed by atoms with Gasteiger partial charge in [-0.3, -0.25) is 4.79 Å². The highest BCUT2D eigenvalue weighted by atomic mass is 35.5. The molecule has 12 heteroatoms. The van der Waals surface area contributed by atoms with Gasteiger partial charge in [0.05, 0.1) is 30.0 Å². The minimum absolute atomic E-state index is 0.146. The first kappa shape index (κ1) is 29.8.